The molecule has 2 fully saturated rings. The Balaban J connectivity index is 1.88. The average molecular weight is 97.2 g/mol. The Bertz CT molecular complexity index is 86.2. The maximum Gasteiger partial charge on any atom is 0.00737 e. The van der Waals surface area contributed by atoms with Crippen molar-refractivity contribution in [2.24, 2.45) is 17.6 Å². The minimum Gasteiger partial charge on any atom is -0.327 e. The van der Waals surface area contributed by atoms with Crippen LogP contribution in [0.25, 0.3) is 0 Å². The summed E-state index contributed by atoms with van der Waals surface area (Å²) >= 11 is 0. The van der Waals surface area contributed by atoms with Crippen LogP contribution in [0.4, 0.5) is 0 Å². The Morgan fingerprint density at radius 3 is 2.00 bits per heavy atom. The molecule has 0 saturated heterocycles. The first-order valence-corrected chi connectivity index (χ1v) is 3.13. The minimum atomic E-state index is 0.604. The Morgan fingerprint density at radius 1 is 1.29 bits per heavy atom. The maximum atomic E-state index is 5.61. The lowest BCUT2D eigenvalue weighted by Crippen LogP contribution is -2.02. The van der Waals surface area contributed by atoms with E-state index >= 15 is 0 Å². The van der Waals surface area contributed by atoms with Crippen LogP contribution in [0.3, 0.4) is 0 Å². The molecule has 0 aromatic rings. The summed E-state index contributed by atoms with van der Waals surface area (Å²) in [5, 5.41) is 0. The van der Waals surface area contributed by atoms with Gasteiger partial charge in [-0.15, -0.1) is 0 Å². The molecular formula is C6H11N. The number of hydrogen-bond acceptors (Lipinski definition) is 1. The molecule has 40 valence electrons. The van der Waals surface area contributed by atoms with Crippen LogP contribution in [0.2, 0.25) is 0 Å². The molecule has 0 heterocycles. The second-order valence-electron chi connectivity index (χ2n) is 2.90. The summed E-state index contributed by atoms with van der Waals surface area (Å²) in [5.41, 5.74) is 5.61. The minimum absolute atomic E-state index is 0.604. The van der Waals surface area contributed by atoms with Gasteiger partial charge in [0, 0.05) is 6.04 Å². The fourth-order valence-electron chi connectivity index (χ4n) is 1.30. The van der Waals surface area contributed by atoms with Crippen LogP contribution in [0, 0.1) is 11.8 Å². The maximum absolute atomic E-state index is 5.61. The largest absolute Gasteiger partial charge is 0.327 e. The highest BCUT2D eigenvalue weighted by molar-refractivity contribution is 4.99. The summed E-state index contributed by atoms with van der Waals surface area (Å²) in [6, 6.07) is 0.604. The summed E-state index contributed by atoms with van der Waals surface area (Å²) in [6.45, 7) is 0. The Kier molecular flexibility index (Phi) is 0.571. The van der Waals surface area contributed by atoms with Crippen molar-refractivity contribution in [2.75, 3.05) is 0 Å². The molecule has 7 heavy (non-hydrogen) atoms. The van der Waals surface area contributed by atoms with E-state index in [1.165, 1.54) is 19.3 Å². The Hall–Kier alpha value is -0.0400. The standard InChI is InChI=1S/C6H11N/c7-6-3-5(6)4-1-2-4/h4-6H,1-3,7H2/t5-,6?/m1/s1. The van der Waals surface area contributed by atoms with Crippen molar-refractivity contribution in [3.63, 3.8) is 0 Å². The normalized spacial score (nSPS) is 49.3. The van der Waals surface area contributed by atoms with E-state index in [0.29, 0.717) is 6.04 Å². The molecule has 0 spiro atoms. The molecule has 0 aliphatic heterocycles. The first-order valence-electron chi connectivity index (χ1n) is 3.13. The summed E-state index contributed by atoms with van der Waals surface area (Å²) < 4.78 is 0. The summed E-state index contributed by atoms with van der Waals surface area (Å²) in [6.07, 6.45) is 4.27. The predicted molar refractivity (Wildman–Crippen MR) is 28.8 cm³/mol. The fourth-order valence-corrected chi connectivity index (χ4v) is 1.30. The van der Waals surface area contributed by atoms with Gasteiger partial charge in [-0.3, -0.25) is 0 Å². The van der Waals surface area contributed by atoms with Gasteiger partial charge in [0.05, 0.1) is 0 Å². The van der Waals surface area contributed by atoms with Crippen LogP contribution < -0.4 is 5.73 Å². The van der Waals surface area contributed by atoms with Crippen molar-refractivity contribution >= 4 is 0 Å². The van der Waals surface area contributed by atoms with Crippen molar-refractivity contribution in [3.05, 3.63) is 0 Å². The van der Waals surface area contributed by atoms with Crippen LogP contribution in [0.15, 0.2) is 0 Å². The van der Waals surface area contributed by atoms with Gasteiger partial charge in [0.1, 0.15) is 0 Å². The first kappa shape index (κ1) is 3.90. The molecule has 0 bridgehead atoms. The van der Waals surface area contributed by atoms with Gasteiger partial charge in [0.2, 0.25) is 0 Å². The molecule has 2 aliphatic rings. The summed E-state index contributed by atoms with van der Waals surface area (Å²) in [7, 11) is 0. The highest BCUT2D eigenvalue weighted by Crippen LogP contribution is 2.48. The van der Waals surface area contributed by atoms with Crippen molar-refractivity contribution in [3.8, 4) is 0 Å². The van der Waals surface area contributed by atoms with E-state index in [1.807, 2.05) is 0 Å². The molecule has 1 nitrogen and oxygen atoms in total. The molecule has 2 aliphatic carbocycles. The SMILES string of the molecule is NC1C[C@@H]1C1CC1. The van der Waals surface area contributed by atoms with Crippen LogP contribution in [0.1, 0.15) is 19.3 Å². The van der Waals surface area contributed by atoms with E-state index in [1.54, 1.807) is 0 Å². The quantitative estimate of drug-likeness (QED) is 0.513. The van der Waals surface area contributed by atoms with Crippen molar-refractivity contribution < 1.29 is 0 Å². The third-order valence-electron chi connectivity index (χ3n) is 2.12. The second-order valence-corrected chi connectivity index (χ2v) is 2.90. The van der Waals surface area contributed by atoms with E-state index in [0.717, 1.165) is 11.8 Å². The molecule has 0 aromatic heterocycles. The third kappa shape index (κ3) is 0.556. The molecule has 1 unspecified atom stereocenters. The molecule has 0 aromatic carbocycles. The highest BCUT2D eigenvalue weighted by Gasteiger charge is 2.44. The summed E-state index contributed by atoms with van der Waals surface area (Å²) in [4.78, 5) is 0. The van der Waals surface area contributed by atoms with Crippen molar-refractivity contribution in [2.45, 2.75) is 25.3 Å². The van der Waals surface area contributed by atoms with Gasteiger partial charge in [0.15, 0.2) is 0 Å². The van der Waals surface area contributed by atoms with Gasteiger partial charge in [-0.2, -0.15) is 0 Å². The van der Waals surface area contributed by atoms with Gasteiger partial charge in [-0.1, -0.05) is 0 Å². The van der Waals surface area contributed by atoms with Gasteiger partial charge in [0.25, 0.3) is 0 Å². The Labute approximate surface area is 43.9 Å². The van der Waals surface area contributed by atoms with Gasteiger partial charge in [-0.05, 0) is 31.1 Å². The Morgan fingerprint density at radius 2 is 1.86 bits per heavy atom. The lowest BCUT2D eigenvalue weighted by atomic mass is 10.3. The molecule has 2 rings (SSSR count). The van der Waals surface area contributed by atoms with Gasteiger partial charge < -0.3 is 5.73 Å². The smallest absolute Gasteiger partial charge is 0.00737 e. The van der Waals surface area contributed by atoms with Crippen LogP contribution >= 0.6 is 0 Å². The van der Waals surface area contributed by atoms with Crippen molar-refractivity contribution in [1.82, 2.24) is 0 Å². The van der Waals surface area contributed by atoms with E-state index in [9.17, 15) is 0 Å². The molecule has 0 amide bonds. The average Bonchev–Trinajstić information content (AvgIpc) is 2.23. The topological polar surface area (TPSA) is 26.0 Å². The van der Waals surface area contributed by atoms with Crippen LogP contribution in [0.5, 0.6) is 0 Å². The molecule has 0 radical (unpaired) electrons. The molecule has 1 heteroatoms. The van der Waals surface area contributed by atoms with E-state index in [4.69, 9.17) is 5.73 Å². The monoisotopic (exact) mass is 97.1 g/mol. The molecular weight excluding hydrogens is 86.1 g/mol. The zero-order valence-corrected chi connectivity index (χ0v) is 4.43. The molecule has 2 atom stereocenters. The van der Waals surface area contributed by atoms with Gasteiger partial charge in [-0.25, -0.2) is 0 Å². The van der Waals surface area contributed by atoms with Crippen LogP contribution in [-0.2, 0) is 0 Å². The second kappa shape index (κ2) is 1.03. The highest BCUT2D eigenvalue weighted by atomic mass is 14.8. The predicted octanol–water partition coefficient (Wildman–Crippen LogP) is 0.744. The first-order chi connectivity index (χ1) is 3.38. The third-order valence-corrected chi connectivity index (χ3v) is 2.12. The van der Waals surface area contributed by atoms with Gasteiger partial charge >= 0.3 is 0 Å². The zero-order chi connectivity index (χ0) is 4.85. The van der Waals surface area contributed by atoms with E-state index in [-0.39, 0.29) is 0 Å². The van der Waals surface area contributed by atoms with E-state index in [2.05, 4.69) is 0 Å². The molecule has 2 N–H and O–H groups in total. The number of rotatable bonds is 1. The molecule has 2 saturated carbocycles. The van der Waals surface area contributed by atoms with Crippen molar-refractivity contribution in [1.29, 1.82) is 0 Å². The zero-order valence-electron chi connectivity index (χ0n) is 4.43. The number of hydrogen-bond donors (Lipinski definition) is 1. The summed E-state index contributed by atoms with van der Waals surface area (Å²) in [5.74, 6) is 2.02. The van der Waals surface area contributed by atoms with Crippen LogP contribution in [-0.4, -0.2) is 6.04 Å². The number of nitrogens with two attached hydrogens (primary N) is 1. The lowest BCUT2D eigenvalue weighted by molar-refractivity contribution is 0.686. The fraction of sp³-hybridized carbons (Fsp3) is 1.00. The van der Waals surface area contributed by atoms with E-state index < -0.39 is 0 Å². The lowest BCUT2D eigenvalue weighted by Gasteiger charge is -1.83.